The van der Waals surface area contributed by atoms with Crippen LogP contribution in [-0.4, -0.2) is 67.5 Å². The molecule has 0 unspecified atom stereocenters. The summed E-state index contributed by atoms with van der Waals surface area (Å²) >= 11 is 0. The van der Waals surface area contributed by atoms with Crippen LogP contribution in [0.4, 0.5) is 16.3 Å². The second kappa shape index (κ2) is 9.11. The maximum absolute atomic E-state index is 13.0. The molecular formula is C21H34N4O5Si. The van der Waals surface area contributed by atoms with E-state index in [0.29, 0.717) is 19.6 Å². The highest BCUT2D eigenvalue weighted by Gasteiger charge is 2.43. The van der Waals surface area contributed by atoms with Crippen molar-refractivity contribution in [2.45, 2.75) is 77.7 Å². The van der Waals surface area contributed by atoms with Crippen LogP contribution in [0.25, 0.3) is 0 Å². The molecule has 9 nitrogen and oxygen atoms in total. The largest absolute Gasteiger partial charge is 0.444 e. The lowest BCUT2D eigenvalue weighted by Gasteiger charge is -2.48. The third-order valence-corrected chi connectivity index (χ3v) is 5.96. The van der Waals surface area contributed by atoms with Crippen molar-refractivity contribution in [2.75, 3.05) is 24.5 Å². The van der Waals surface area contributed by atoms with Gasteiger partial charge in [0.1, 0.15) is 5.60 Å². The minimum atomic E-state index is -0.629. The lowest BCUT2D eigenvalue weighted by atomic mass is 9.94. The van der Waals surface area contributed by atoms with Crippen LogP contribution in [0, 0.1) is 10.1 Å². The van der Waals surface area contributed by atoms with E-state index in [1.54, 1.807) is 11.0 Å². The molecule has 0 spiro atoms. The highest BCUT2D eigenvalue weighted by molar-refractivity contribution is 6.31. The van der Waals surface area contributed by atoms with Crippen LogP contribution in [0.1, 0.15) is 55.4 Å². The number of rotatable bonds is 5. The summed E-state index contributed by atoms with van der Waals surface area (Å²) in [6, 6.07) is 2.81. The molecule has 2 heterocycles. The Balaban J connectivity index is 2.28. The Hall–Kier alpha value is -2.20. The number of nitro groups is 1. The van der Waals surface area contributed by atoms with E-state index in [1.165, 1.54) is 12.3 Å². The van der Waals surface area contributed by atoms with E-state index >= 15 is 0 Å². The van der Waals surface area contributed by atoms with Crippen molar-refractivity contribution in [3.05, 3.63) is 28.4 Å². The lowest BCUT2D eigenvalue weighted by molar-refractivity contribution is -0.389. The van der Waals surface area contributed by atoms with E-state index in [9.17, 15) is 14.9 Å². The van der Waals surface area contributed by atoms with Crippen LogP contribution in [0.3, 0.4) is 0 Å². The summed E-state index contributed by atoms with van der Waals surface area (Å²) in [5, 5.41) is 10.9. The number of aromatic nitrogens is 1. The van der Waals surface area contributed by atoms with E-state index < -0.39 is 16.1 Å². The van der Waals surface area contributed by atoms with Crippen molar-refractivity contribution in [1.29, 1.82) is 0 Å². The van der Waals surface area contributed by atoms with E-state index in [1.807, 2.05) is 34.6 Å². The Labute approximate surface area is 187 Å². The highest BCUT2D eigenvalue weighted by Crippen LogP contribution is 2.31. The zero-order valence-corrected chi connectivity index (χ0v) is 20.8. The van der Waals surface area contributed by atoms with Crippen molar-refractivity contribution in [3.8, 4) is 0 Å². The van der Waals surface area contributed by atoms with Gasteiger partial charge in [-0.15, -0.1) is 0 Å². The first-order valence-electron chi connectivity index (χ1n) is 10.4. The molecule has 0 N–H and O–H groups in total. The molecule has 1 aliphatic heterocycles. The standard InChI is InChI=1S/C21H34N4O5Si/c1-19(2,3)29-18(26)24-12-11-23(15-9-10-17(22-13-15)25(27)28)14-16(24)21(7,8)30-31-20(4,5)6/h9-10,13,16H,11-12,14H2,1-8H3/t16-/m1/s1. The van der Waals surface area contributed by atoms with Gasteiger partial charge in [0, 0.05) is 25.7 Å². The topological polar surface area (TPSA) is 98.0 Å². The number of hydrogen-bond acceptors (Lipinski definition) is 7. The van der Waals surface area contributed by atoms with Gasteiger partial charge in [0.25, 0.3) is 0 Å². The lowest BCUT2D eigenvalue weighted by Crippen LogP contribution is -2.64. The van der Waals surface area contributed by atoms with Crippen molar-refractivity contribution in [1.82, 2.24) is 9.88 Å². The van der Waals surface area contributed by atoms with Gasteiger partial charge in [-0.1, -0.05) is 20.8 Å². The average molecular weight is 451 g/mol. The molecule has 0 bridgehead atoms. The number of pyridine rings is 1. The minimum Gasteiger partial charge on any atom is -0.444 e. The molecule has 1 amide bonds. The maximum atomic E-state index is 13.0. The smallest absolute Gasteiger partial charge is 0.410 e. The van der Waals surface area contributed by atoms with E-state index in [2.05, 4.69) is 30.7 Å². The molecule has 1 fully saturated rings. The summed E-state index contributed by atoms with van der Waals surface area (Å²) in [6.45, 7) is 17.4. The minimum absolute atomic E-state index is 0.00462. The third-order valence-electron chi connectivity index (χ3n) is 4.72. The maximum Gasteiger partial charge on any atom is 0.410 e. The van der Waals surface area contributed by atoms with Crippen LogP contribution in [0.2, 0.25) is 5.04 Å². The molecule has 31 heavy (non-hydrogen) atoms. The summed E-state index contributed by atoms with van der Waals surface area (Å²) in [5.74, 6) is -0.192. The number of carbonyl (C=O) groups excluding carboxylic acids is 1. The van der Waals surface area contributed by atoms with E-state index in [4.69, 9.17) is 9.16 Å². The van der Waals surface area contributed by atoms with Crippen LogP contribution in [0.5, 0.6) is 0 Å². The van der Waals surface area contributed by atoms with Crippen molar-refractivity contribution in [3.63, 3.8) is 0 Å². The third kappa shape index (κ3) is 7.17. The Morgan fingerprint density at radius 1 is 1.16 bits per heavy atom. The number of hydrogen-bond donors (Lipinski definition) is 0. The quantitative estimate of drug-likeness (QED) is 0.379. The molecule has 1 aliphatic rings. The molecule has 0 aliphatic carbocycles. The molecule has 1 aromatic rings. The molecule has 1 aromatic heterocycles. The Kier molecular flexibility index (Phi) is 7.37. The first-order chi connectivity index (χ1) is 14.1. The second-order valence-corrected chi connectivity index (χ2v) is 12.2. The Bertz CT molecular complexity index is 786. The van der Waals surface area contributed by atoms with Crippen molar-refractivity contribution >= 4 is 27.4 Å². The summed E-state index contributed by atoms with van der Waals surface area (Å²) in [4.78, 5) is 31.1. The fraction of sp³-hybridized carbons (Fsp3) is 0.714. The summed E-state index contributed by atoms with van der Waals surface area (Å²) in [7, 11) is 0.260. The molecule has 10 heteroatoms. The first-order valence-corrected chi connectivity index (χ1v) is 11.3. The van der Waals surface area contributed by atoms with Gasteiger partial charge in [0.05, 0.1) is 17.3 Å². The molecule has 2 radical (unpaired) electrons. The molecule has 1 saturated heterocycles. The molecule has 0 saturated carbocycles. The number of piperazine rings is 1. The average Bonchev–Trinajstić information content (AvgIpc) is 2.64. The fourth-order valence-corrected chi connectivity index (χ4v) is 3.88. The predicted molar refractivity (Wildman–Crippen MR) is 120 cm³/mol. The van der Waals surface area contributed by atoms with E-state index in [0.717, 1.165) is 5.69 Å². The molecular weight excluding hydrogens is 416 g/mol. The fourth-order valence-electron chi connectivity index (χ4n) is 3.18. The van der Waals surface area contributed by atoms with Crippen LogP contribution < -0.4 is 4.90 Å². The number of ether oxygens (including phenoxy) is 1. The second-order valence-electron chi connectivity index (χ2n) is 10.3. The normalized spacial score (nSPS) is 18.1. The van der Waals surface area contributed by atoms with Crippen molar-refractivity contribution < 1.29 is 18.9 Å². The van der Waals surface area contributed by atoms with Crippen LogP contribution in [-0.2, 0) is 9.16 Å². The molecule has 172 valence electrons. The monoisotopic (exact) mass is 450 g/mol. The van der Waals surface area contributed by atoms with Crippen LogP contribution >= 0.6 is 0 Å². The van der Waals surface area contributed by atoms with Gasteiger partial charge >= 0.3 is 11.9 Å². The SMILES string of the molecule is CC(C)(C)OC(=O)N1CCN(c2ccc([N+](=O)[O-])nc2)C[C@@H]1C(C)(C)O[Si]C(C)(C)C. The summed E-state index contributed by atoms with van der Waals surface area (Å²) in [6.07, 6.45) is 1.14. The molecule has 0 aromatic carbocycles. The number of carbonyl (C=O) groups is 1. The summed E-state index contributed by atoms with van der Waals surface area (Å²) in [5.41, 5.74) is -0.456. The van der Waals surface area contributed by atoms with Gasteiger partial charge in [0.15, 0.2) is 6.20 Å². The molecule has 2 rings (SSSR count). The molecule has 1 atom stereocenters. The highest BCUT2D eigenvalue weighted by atomic mass is 28.2. The number of anilines is 1. The van der Waals surface area contributed by atoms with Crippen LogP contribution in [0.15, 0.2) is 18.3 Å². The summed E-state index contributed by atoms with van der Waals surface area (Å²) < 4.78 is 12.0. The van der Waals surface area contributed by atoms with Gasteiger partial charge in [-0.3, -0.25) is 4.90 Å². The van der Waals surface area contributed by atoms with Gasteiger partial charge in [0.2, 0.25) is 9.76 Å². The van der Waals surface area contributed by atoms with Gasteiger partial charge < -0.3 is 24.2 Å². The number of amides is 1. The van der Waals surface area contributed by atoms with Gasteiger partial charge in [-0.05, 0) is 55.6 Å². The van der Waals surface area contributed by atoms with Crippen molar-refractivity contribution in [2.24, 2.45) is 0 Å². The zero-order chi connectivity index (χ0) is 23.6. The predicted octanol–water partition coefficient (Wildman–Crippen LogP) is 4.05. The Morgan fingerprint density at radius 3 is 2.29 bits per heavy atom. The first kappa shape index (κ1) is 25.1. The zero-order valence-electron chi connectivity index (χ0n) is 19.8. The Morgan fingerprint density at radius 2 is 1.81 bits per heavy atom. The van der Waals surface area contributed by atoms with Gasteiger partial charge in [-0.25, -0.2) is 4.79 Å². The van der Waals surface area contributed by atoms with E-state index in [-0.39, 0.29) is 32.8 Å². The number of nitrogens with zero attached hydrogens (tertiary/aromatic N) is 4. The van der Waals surface area contributed by atoms with Gasteiger partial charge in [-0.2, -0.15) is 0 Å².